The molecule has 6 heteroatoms. The summed E-state index contributed by atoms with van der Waals surface area (Å²) in [5, 5.41) is 2.97. The van der Waals surface area contributed by atoms with Crippen LogP contribution in [-0.2, 0) is 9.53 Å². The summed E-state index contributed by atoms with van der Waals surface area (Å²) in [7, 11) is 4.72. The monoisotopic (exact) mass is 251 g/mol. The van der Waals surface area contributed by atoms with Crippen molar-refractivity contribution in [1.82, 2.24) is 9.88 Å². The number of rotatable bonds is 5. The summed E-state index contributed by atoms with van der Waals surface area (Å²) in [6.07, 6.45) is 1.78. The van der Waals surface area contributed by atoms with Crippen molar-refractivity contribution in [3.05, 3.63) is 23.9 Å². The van der Waals surface area contributed by atoms with E-state index in [-0.39, 0.29) is 18.3 Å². The van der Waals surface area contributed by atoms with Gasteiger partial charge in [-0.15, -0.1) is 0 Å². The molecule has 0 radical (unpaired) electrons. The van der Waals surface area contributed by atoms with Gasteiger partial charge in [-0.1, -0.05) is 0 Å². The summed E-state index contributed by atoms with van der Waals surface area (Å²) in [5.41, 5.74) is 0.526. The Labute approximate surface area is 106 Å². The number of carbonyl (C=O) groups excluding carboxylic acids is 2. The number of nitrogens with one attached hydrogen (secondary N) is 1. The zero-order chi connectivity index (χ0) is 13.5. The van der Waals surface area contributed by atoms with Crippen LogP contribution in [0.15, 0.2) is 18.3 Å². The van der Waals surface area contributed by atoms with Crippen LogP contribution in [0.5, 0.6) is 0 Å². The van der Waals surface area contributed by atoms with E-state index in [1.54, 1.807) is 26.2 Å². The number of hydrogen-bond donors (Lipinski definition) is 1. The molecule has 0 atom stereocenters. The molecule has 1 amide bonds. The van der Waals surface area contributed by atoms with Gasteiger partial charge in [-0.05, 0) is 12.1 Å². The number of ether oxygens (including phenoxy) is 1. The van der Waals surface area contributed by atoms with Gasteiger partial charge in [0.15, 0.2) is 0 Å². The number of anilines is 1. The maximum Gasteiger partial charge on any atom is 0.307 e. The van der Waals surface area contributed by atoms with E-state index < -0.39 is 0 Å². The molecule has 0 bridgehead atoms. The molecule has 98 valence electrons. The van der Waals surface area contributed by atoms with Crippen LogP contribution in [0.3, 0.4) is 0 Å². The van der Waals surface area contributed by atoms with E-state index in [0.29, 0.717) is 17.9 Å². The molecule has 0 aromatic carbocycles. The molecule has 0 unspecified atom stereocenters. The molecule has 1 heterocycles. The molecular weight excluding hydrogens is 234 g/mol. The number of nitrogens with zero attached hydrogens (tertiary/aromatic N) is 2. The van der Waals surface area contributed by atoms with Gasteiger partial charge >= 0.3 is 5.97 Å². The van der Waals surface area contributed by atoms with Crippen molar-refractivity contribution < 1.29 is 14.3 Å². The van der Waals surface area contributed by atoms with Gasteiger partial charge in [-0.2, -0.15) is 0 Å². The minimum Gasteiger partial charge on any atom is -0.469 e. The normalized spacial score (nSPS) is 9.72. The van der Waals surface area contributed by atoms with Crippen molar-refractivity contribution in [2.45, 2.75) is 6.42 Å². The molecule has 0 aliphatic heterocycles. The molecule has 0 fully saturated rings. The van der Waals surface area contributed by atoms with E-state index in [1.165, 1.54) is 18.2 Å². The van der Waals surface area contributed by atoms with E-state index in [9.17, 15) is 9.59 Å². The van der Waals surface area contributed by atoms with E-state index in [2.05, 4.69) is 15.0 Å². The molecular formula is C12H17N3O3. The second-order valence-corrected chi connectivity index (χ2v) is 3.88. The van der Waals surface area contributed by atoms with Gasteiger partial charge in [0, 0.05) is 26.8 Å². The first kappa shape index (κ1) is 14.0. The average molecular weight is 251 g/mol. The highest BCUT2D eigenvalue weighted by Gasteiger charge is 2.08. The Bertz CT molecular complexity index is 415. The van der Waals surface area contributed by atoms with Crippen LogP contribution in [0, 0.1) is 0 Å². The van der Waals surface area contributed by atoms with Crippen LogP contribution < -0.4 is 5.32 Å². The Kier molecular flexibility index (Phi) is 5.10. The summed E-state index contributed by atoms with van der Waals surface area (Å²) >= 11 is 0. The zero-order valence-electron chi connectivity index (χ0n) is 10.8. The van der Waals surface area contributed by atoms with Gasteiger partial charge in [-0.3, -0.25) is 9.59 Å². The lowest BCUT2D eigenvalue weighted by Crippen LogP contribution is -2.21. The quantitative estimate of drug-likeness (QED) is 0.782. The number of methoxy groups -OCH3 is 1. The molecule has 0 spiro atoms. The highest BCUT2D eigenvalue weighted by Crippen LogP contribution is 2.06. The van der Waals surface area contributed by atoms with E-state index in [0.717, 1.165) is 0 Å². The second-order valence-electron chi connectivity index (χ2n) is 3.88. The standard InChI is InChI=1S/C12H17N3O3/c1-15(2)12(17)9-4-5-10(14-8-9)13-7-6-11(16)18-3/h4-5,8H,6-7H2,1-3H3,(H,13,14). The molecule has 1 aromatic rings. The van der Waals surface area contributed by atoms with Gasteiger partial charge < -0.3 is 15.0 Å². The van der Waals surface area contributed by atoms with Gasteiger partial charge in [0.25, 0.3) is 5.91 Å². The van der Waals surface area contributed by atoms with Crippen LogP contribution in [0.4, 0.5) is 5.82 Å². The number of hydrogen-bond acceptors (Lipinski definition) is 5. The molecule has 1 aromatic heterocycles. The molecule has 0 aliphatic rings. The maximum absolute atomic E-state index is 11.6. The van der Waals surface area contributed by atoms with Crippen molar-refractivity contribution >= 4 is 17.7 Å². The number of carbonyl (C=O) groups is 2. The molecule has 0 aliphatic carbocycles. The number of amides is 1. The molecule has 1 N–H and O–H groups in total. The molecule has 0 saturated carbocycles. The van der Waals surface area contributed by atoms with Gasteiger partial charge in [-0.25, -0.2) is 4.98 Å². The van der Waals surface area contributed by atoms with Crippen LogP contribution in [-0.4, -0.2) is 49.5 Å². The minimum atomic E-state index is -0.276. The fourth-order valence-corrected chi connectivity index (χ4v) is 1.28. The maximum atomic E-state index is 11.6. The predicted molar refractivity (Wildman–Crippen MR) is 67.4 cm³/mol. The summed E-state index contributed by atoms with van der Waals surface area (Å²) in [6, 6.07) is 3.39. The van der Waals surface area contributed by atoms with Crippen molar-refractivity contribution in [2.75, 3.05) is 33.1 Å². The third-order valence-corrected chi connectivity index (χ3v) is 2.28. The van der Waals surface area contributed by atoms with Crippen molar-refractivity contribution in [3.63, 3.8) is 0 Å². The highest BCUT2D eigenvalue weighted by molar-refractivity contribution is 5.93. The Morgan fingerprint density at radius 2 is 2.11 bits per heavy atom. The third-order valence-electron chi connectivity index (χ3n) is 2.28. The van der Waals surface area contributed by atoms with E-state index >= 15 is 0 Å². The first-order valence-electron chi connectivity index (χ1n) is 5.53. The Balaban J connectivity index is 2.50. The molecule has 6 nitrogen and oxygen atoms in total. The zero-order valence-corrected chi connectivity index (χ0v) is 10.8. The summed E-state index contributed by atoms with van der Waals surface area (Å²) < 4.78 is 4.52. The molecule has 18 heavy (non-hydrogen) atoms. The summed E-state index contributed by atoms with van der Waals surface area (Å²) in [5.74, 6) is 0.250. The lowest BCUT2D eigenvalue weighted by Gasteiger charge is -2.10. The lowest BCUT2D eigenvalue weighted by atomic mass is 10.2. The average Bonchev–Trinajstić information content (AvgIpc) is 2.38. The number of pyridine rings is 1. The smallest absolute Gasteiger partial charge is 0.307 e. The van der Waals surface area contributed by atoms with Crippen molar-refractivity contribution in [3.8, 4) is 0 Å². The summed E-state index contributed by atoms with van der Waals surface area (Å²) in [4.78, 5) is 28.1. The molecule has 1 rings (SSSR count). The van der Waals surface area contributed by atoms with Crippen LogP contribution in [0.1, 0.15) is 16.8 Å². The Hall–Kier alpha value is -2.11. The van der Waals surface area contributed by atoms with Crippen molar-refractivity contribution in [1.29, 1.82) is 0 Å². The molecule has 0 saturated heterocycles. The van der Waals surface area contributed by atoms with Gasteiger partial charge in [0.05, 0.1) is 19.1 Å². The van der Waals surface area contributed by atoms with Gasteiger partial charge in [0.1, 0.15) is 5.82 Å². The first-order valence-corrected chi connectivity index (χ1v) is 5.53. The van der Waals surface area contributed by atoms with E-state index in [4.69, 9.17) is 0 Å². The topological polar surface area (TPSA) is 71.5 Å². The first-order chi connectivity index (χ1) is 8.54. The van der Waals surface area contributed by atoms with E-state index in [1.807, 2.05) is 0 Å². The predicted octanol–water partition coefficient (Wildman–Crippen LogP) is 0.758. The number of aromatic nitrogens is 1. The Morgan fingerprint density at radius 1 is 1.39 bits per heavy atom. The fraction of sp³-hybridized carbons (Fsp3) is 0.417. The minimum absolute atomic E-state index is 0.0939. The van der Waals surface area contributed by atoms with Crippen LogP contribution >= 0.6 is 0 Å². The lowest BCUT2D eigenvalue weighted by molar-refractivity contribution is -0.140. The van der Waals surface area contributed by atoms with Crippen molar-refractivity contribution in [2.24, 2.45) is 0 Å². The Morgan fingerprint density at radius 3 is 2.61 bits per heavy atom. The number of esters is 1. The third kappa shape index (κ3) is 4.04. The highest BCUT2D eigenvalue weighted by atomic mass is 16.5. The summed E-state index contributed by atoms with van der Waals surface area (Å²) in [6.45, 7) is 0.445. The fourth-order valence-electron chi connectivity index (χ4n) is 1.28. The largest absolute Gasteiger partial charge is 0.469 e. The van der Waals surface area contributed by atoms with Crippen LogP contribution in [0.2, 0.25) is 0 Å². The van der Waals surface area contributed by atoms with Gasteiger partial charge in [0.2, 0.25) is 0 Å². The van der Waals surface area contributed by atoms with Crippen LogP contribution in [0.25, 0.3) is 0 Å². The second kappa shape index (κ2) is 6.58. The SMILES string of the molecule is COC(=O)CCNc1ccc(C(=O)N(C)C)cn1.